The molecule has 9 heavy (non-hydrogen) atoms. The average Bonchev–Trinajstić information content (AvgIpc) is 2.66. The maximum absolute atomic E-state index is 10.6. The maximum atomic E-state index is 10.6. The van der Waals surface area contributed by atoms with Gasteiger partial charge in [0.05, 0.1) is 0 Å². The molecule has 1 amide bonds. The van der Waals surface area contributed by atoms with Crippen LogP contribution in [0.4, 0.5) is 0 Å². The molecule has 1 fully saturated rings. The van der Waals surface area contributed by atoms with Gasteiger partial charge in [-0.1, -0.05) is 0 Å². The van der Waals surface area contributed by atoms with Gasteiger partial charge in [0.25, 0.3) is 5.91 Å². The maximum Gasteiger partial charge on any atom is 0.286 e. The van der Waals surface area contributed by atoms with Crippen LogP contribution in [0.15, 0.2) is 0 Å². The van der Waals surface area contributed by atoms with E-state index in [0.29, 0.717) is 12.3 Å². The van der Waals surface area contributed by atoms with Crippen LogP contribution < -0.4 is 0 Å². The SMILES string of the molecule is CN(C(=O)C=O)C1CC1. The highest BCUT2D eigenvalue weighted by Gasteiger charge is 2.28. The van der Waals surface area contributed by atoms with E-state index in [0.717, 1.165) is 12.8 Å². The molecule has 0 N–H and O–H groups in total. The van der Waals surface area contributed by atoms with Gasteiger partial charge in [0.15, 0.2) is 0 Å². The summed E-state index contributed by atoms with van der Waals surface area (Å²) in [5.74, 6) is -0.405. The molecule has 1 aliphatic carbocycles. The van der Waals surface area contributed by atoms with E-state index in [4.69, 9.17) is 0 Å². The first-order chi connectivity index (χ1) is 4.25. The zero-order valence-electron chi connectivity index (χ0n) is 5.33. The van der Waals surface area contributed by atoms with Crippen molar-refractivity contribution in [2.45, 2.75) is 18.9 Å². The average molecular weight is 127 g/mol. The van der Waals surface area contributed by atoms with E-state index in [1.54, 1.807) is 7.05 Å². The topological polar surface area (TPSA) is 37.4 Å². The lowest BCUT2D eigenvalue weighted by Crippen LogP contribution is -2.29. The van der Waals surface area contributed by atoms with Crippen molar-refractivity contribution in [1.82, 2.24) is 4.90 Å². The molecule has 1 rings (SSSR count). The van der Waals surface area contributed by atoms with E-state index in [9.17, 15) is 9.59 Å². The van der Waals surface area contributed by atoms with Crippen molar-refractivity contribution in [2.75, 3.05) is 7.05 Å². The third kappa shape index (κ3) is 1.28. The fraction of sp³-hybridized carbons (Fsp3) is 0.667. The molecule has 1 aliphatic rings. The fourth-order valence-corrected chi connectivity index (χ4v) is 0.725. The van der Waals surface area contributed by atoms with Crippen molar-refractivity contribution in [3.8, 4) is 0 Å². The summed E-state index contributed by atoms with van der Waals surface area (Å²) in [5, 5.41) is 0. The van der Waals surface area contributed by atoms with Gasteiger partial charge in [0.1, 0.15) is 0 Å². The molecule has 0 unspecified atom stereocenters. The van der Waals surface area contributed by atoms with E-state index < -0.39 is 5.91 Å². The zero-order chi connectivity index (χ0) is 6.85. The van der Waals surface area contributed by atoms with Gasteiger partial charge < -0.3 is 4.90 Å². The number of carbonyl (C=O) groups is 2. The first kappa shape index (κ1) is 6.26. The first-order valence-corrected chi connectivity index (χ1v) is 2.97. The van der Waals surface area contributed by atoms with Crippen molar-refractivity contribution in [1.29, 1.82) is 0 Å². The Bertz CT molecular complexity index is 140. The van der Waals surface area contributed by atoms with Gasteiger partial charge in [0, 0.05) is 13.1 Å². The summed E-state index contributed by atoms with van der Waals surface area (Å²) in [5.41, 5.74) is 0. The molecule has 3 nitrogen and oxygen atoms in total. The summed E-state index contributed by atoms with van der Waals surface area (Å²) < 4.78 is 0. The predicted octanol–water partition coefficient (Wildman–Crippen LogP) is -0.194. The first-order valence-electron chi connectivity index (χ1n) is 2.97. The second-order valence-corrected chi connectivity index (χ2v) is 2.30. The van der Waals surface area contributed by atoms with E-state index in [1.165, 1.54) is 4.90 Å². The van der Waals surface area contributed by atoms with Crippen LogP contribution in [0, 0.1) is 0 Å². The molecule has 0 aromatic carbocycles. The molecular weight excluding hydrogens is 118 g/mol. The van der Waals surface area contributed by atoms with Gasteiger partial charge in [-0.05, 0) is 12.8 Å². The smallest absolute Gasteiger partial charge is 0.286 e. The largest absolute Gasteiger partial charge is 0.336 e. The third-order valence-corrected chi connectivity index (χ3v) is 1.54. The van der Waals surface area contributed by atoms with Crippen LogP contribution >= 0.6 is 0 Å². The summed E-state index contributed by atoms with van der Waals surface area (Å²) in [6.07, 6.45) is 2.46. The molecular formula is C6H9NO2. The Balaban J connectivity index is 2.39. The second-order valence-electron chi connectivity index (χ2n) is 2.30. The number of hydrogen-bond acceptors (Lipinski definition) is 2. The molecule has 0 saturated heterocycles. The van der Waals surface area contributed by atoms with E-state index in [2.05, 4.69) is 0 Å². The Kier molecular flexibility index (Phi) is 1.51. The molecule has 1 saturated carbocycles. The Morgan fingerprint density at radius 1 is 1.67 bits per heavy atom. The minimum atomic E-state index is -0.405. The molecule has 0 atom stereocenters. The quantitative estimate of drug-likeness (QED) is 0.380. The lowest BCUT2D eigenvalue weighted by Gasteiger charge is -2.10. The van der Waals surface area contributed by atoms with Crippen LogP contribution in [0.1, 0.15) is 12.8 Å². The summed E-state index contributed by atoms with van der Waals surface area (Å²) in [6.45, 7) is 0. The molecule has 0 heterocycles. The van der Waals surface area contributed by atoms with E-state index >= 15 is 0 Å². The normalized spacial score (nSPS) is 17.0. The highest BCUT2D eigenvalue weighted by atomic mass is 16.2. The molecule has 0 bridgehead atoms. The minimum absolute atomic E-state index is 0.350. The lowest BCUT2D eigenvalue weighted by atomic mass is 10.5. The Labute approximate surface area is 53.6 Å². The van der Waals surface area contributed by atoms with Gasteiger partial charge >= 0.3 is 0 Å². The number of aldehydes is 1. The third-order valence-electron chi connectivity index (χ3n) is 1.54. The van der Waals surface area contributed by atoms with Crippen LogP contribution in [0.5, 0.6) is 0 Å². The summed E-state index contributed by atoms with van der Waals surface area (Å²) in [4.78, 5) is 21.9. The predicted molar refractivity (Wildman–Crippen MR) is 31.9 cm³/mol. The van der Waals surface area contributed by atoms with Gasteiger partial charge in [-0.15, -0.1) is 0 Å². The second kappa shape index (κ2) is 2.17. The van der Waals surface area contributed by atoms with Gasteiger partial charge in [-0.2, -0.15) is 0 Å². The molecule has 0 aliphatic heterocycles. The lowest BCUT2D eigenvalue weighted by molar-refractivity contribution is -0.138. The van der Waals surface area contributed by atoms with Crippen LogP contribution in [0.2, 0.25) is 0 Å². The molecule has 0 radical (unpaired) electrons. The Hall–Kier alpha value is -0.860. The van der Waals surface area contributed by atoms with Crippen LogP contribution in [-0.2, 0) is 9.59 Å². The molecule has 50 valence electrons. The summed E-state index contributed by atoms with van der Waals surface area (Å²) in [7, 11) is 1.66. The van der Waals surface area contributed by atoms with Crippen molar-refractivity contribution in [2.24, 2.45) is 0 Å². The van der Waals surface area contributed by atoms with Crippen LogP contribution in [0.25, 0.3) is 0 Å². The minimum Gasteiger partial charge on any atom is -0.336 e. The van der Waals surface area contributed by atoms with Crippen LogP contribution in [0.3, 0.4) is 0 Å². The standard InChI is InChI=1S/C6H9NO2/c1-7(5-2-3-5)6(9)4-8/h4-5H,2-3H2,1H3. The van der Waals surface area contributed by atoms with E-state index in [-0.39, 0.29) is 0 Å². The highest BCUT2D eigenvalue weighted by Crippen LogP contribution is 2.24. The van der Waals surface area contributed by atoms with Crippen molar-refractivity contribution in [3.63, 3.8) is 0 Å². The number of amides is 1. The Morgan fingerprint density at radius 3 is 2.56 bits per heavy atom. The fourth-order valence-electron chi connectivity index (χ4n) is 0.725. The van der Waals surface area contributed by atoms with Crippen molar-refractivity contribution < 1.29 is 9.59 Å². The number of likely N-dealkylation sites (N-methyl/N-ethyl adjacent to an activating group) is 1. The molecule has 0 aromatic heterocycles. The molecule has 0 aromatic rings. The van der Waals surface area contributed by atoms with Gasteiger partial charge in [-0.3, -0.25) is 9.59 Å². The Morgan fingerprint density at radius 2 is 2.22 bits per heavy atom. The van der Waals surface area contributed by atoms with Crippen LogP contribution in [-0.4, -0.2) is 30.2 Å². The summed E-state index contributed by atoms with van der Waals surface area (Å²) in [6, 6.07) is 0.350. The van der Waals surface area contributed by atoms with Gasteiger partial charge in [0.2, 0.25) is 6.29 Å². The summed E-state index contributed by atoms with van der Waals surface area (Å²) >= 11 is 0. The molecule has 0 spiro atoms. The van der Waals surface area contributed by atoms with E-state index in [1.807, 2.05) is 0 Å². The monoisotopic (exact) mass is 127 g/mol. The van der Waals surface area contributed by atoms with Crippen molar-refractivity contribution >= 4 is 12.2 Å². The molecule has 3 heteroatoms. The number of nitrogens with zero attached hydrogens (tertiary/aromatic N) is 1. The number of hydrogen-bond donors (Lipinski definition) is 0. The van der Waals surface area contributed by atoms with Crippen molar-refractivity contribution in [3.05, 3.63) is 0 Å². The highest BCUT2D eigenvalue weighted by molar-refractivity contribution is 6.23. The zero-order valence-corrected chi connectivity index (χ0v) is 5.33. The van der Waals surface area contributed by atoms with Gasteiger partial charge in [-0.25, -0.2) is 0 Å². The number of carbonyl (C=O) groups excluding carboxylic acids is 2. The number of rotatable bonds is 2.